The van der Waals surface area contributed by atoms with Crippen LogP contribution in [-0.4, -0.2) is 49.1 Å². The average Bonchev–Trinajstić information content (AvgIpc) is 2.81. The molecule has 0 aromatic carbocycles. The predicted octanol–water partition coefficient (Wildman–Crippen LogP) is 0.528. The van der Waals surface area contributed by atoms with Gasteiger partial charge in [-0.25, -0.2) is 0 Å². The van der Waals surface area contributed by atoms with Crippen LogP contribution in [0.25, 0.3) is 0 Å². The molecule has 0 unspecified atom stereocenters. The smallest absolute Gasteiger partial charge is 0.257 e. The first-order valence-electron chi connectivity index (χ1n) is 6.22. The summed E-state index contributed by atoms with van der Waals surface area (Å²) in [6.45, 7) is 2.96. The molecule has 0 saturated carbocycles. The van der Waals surface area contributed by atoms with E-state index < -0.39 is 0 Å². The molecule has 1 saturated heterocycles. The second kappa shape index (κ2) is 6.35. The number of amides is 1. The van der Waals surface area contributed by atoms with Crippen molar-refractivity contribution >= 4 is 5.91 Å². The monoisotopic (exact) mass is 249 g/mol. The highest BCUT2D eigenvalue weighted by Gasteiger charge is 2.19. The van der Waals surface area contributed by atoms with Gasteiger partial charge in [-0.1, -0.05) is 0 Å². The van der Waals surface area contributed by atoms with Crippen LogP contribution >= 0.6 is 0 Å². The molecule has 98 valence electrons. The van der Waals surface area contributed by atoms with Gasteiger partial charge in [0.25, 0.3) is 5.91 Å². The maximum atomic E-state index is 11.6. The number of pyridine rings is 1. The van der Waals surface area contributed by atoms with Crippen LogP contribution in [0.5, 0.6) is 5.75 Å². The van der Waals surface area contributed by atoms with Crippen molar-refractivity contribution in [3.63, 3.8) is 0 Å². The fourth-order valence-electron chi connectivity index (χ4n) is 2.08. The van der Waals surface area contributed by atoms with Crippen LogP contribution in [0, 0.1) is 5.92 Å². The van der Waals surface area contributed by atoms with Gasteiger partial charge in [-0.2, -0.15) is 0 Å². The Balaban J connectivity index is 1.63. The van der Waals surface area contributed by atoms with E-state index >= 15 is 0 Å². The molecule has 0 radical (unpaired) electrons. The van der Waals surface area contributed by atoms with Crippen LogP contribution in [0.15, 0.2) is 24.5 Å². The van der Waals surface area contributed by atoms with Crippen LogP contribution in [0.4, 0.5) is 0 Å². The Morgan fingerprint density at radius 3 is 3.22 bits per heavy atom. The van der Waals surface area contributed by atoms with Gasteiger partial charge in [0.2, 0.25) is 0 Å². The van der Waals surface area contributed by atoms with Crippen LogP contribution in [0.3, 0.4) is 0 Å². The predicted molar refractivity (Wildman–Crippen MR) is 68.3 cm³/mol. The number of nitrogens with one attached hydrogen (secondary N) is 1. The lowest BCUT2D eigenvalue weighted by molar-refractivity contribution is -0.123. The largest absolute Gasteiger partial charge is 0.482 e. The molecule has 1 aliphatic heterocycles. The Hall–Kier alpha value is -1.62. The zero-order valence-corrected chi connectivity index (χ0v) is 10.6. The van der Waals surface area contributed by atoms with Crippen LogP contribution in [0.2, 0.25) is 0 Å². The zero-order chi connectivity index (χ0) is 12.8. The lowest BCUT2D eigenvalue weighted by Gasteiger charge is -2.12. The van der Waals surface area contributed by atoms with Gasteiger partial charge in [-0.15, -0.1) is 0 Å². The van der Waals surface area contributed by atoms with E-state index in [0.29, 0.717) is 11.7 Å². The summed E-state index contributed by atoms with van der Waals surface area (Å²) in [5.41, 5.74) is 0. The summed E-state index contributed by atoms with van der Waals surface area (Å²) in [4.78, 5) is 17.8. The molecule has 1 aromatic heterocycles. The normalized spacial score (nSPS) is 19.7. The van der Waals surface area contributed by atoms with E-state index in [2.05, 4.69) is 22.2 Å². The van der Waals surface area contributed by atoms with Crippen molar-refractivity contribution in [1.82, 2.24) is 15.2 Å². The van der Waals surface area contributed by atoms with Crippen molar-refractivity contribution in [3.8, 4) is 5.75 Å². The van der Waals surface area contributed by atoms with E-state index in [1.54, 1.807) is 24.5 Å². The maximum Gasteiger partial charge on any atom is 0.257 e. The van der Waals surface area contributed by atoms with E-state index in [0.717, 1.165) is 26.1 Å². The minimum Gasteiger partial charge on any atom is -0.482 e. The first kappa shape index (κ1) is 12.8. The summed E-state index contributed by atoms with van der Waals surface area (Å²) in [5.74, 6) is 1.11. The minimum absolute atomic E-state index is 0.0499. The lowest BCUT2D eigenvalue weighted by Crippen LogP contribution is -2.33. The van der Waals surface area contributed by atoms with Crippen molar-refractivity contribution in [3.05, 3.63) is 24.5 Å². The molecule has 5 heteroatoms. The van der Waals surface area contributed by atoms with Crippen molar-refractivity contribution in [1.29, 1.82) is 0 Å². The third-order valence-electron chi connectivity index (χ3n) is 3.08. The SMILES string of the molecule is CN1CC[C@@H](CNC(=O)COc2cccnc2)C1. The summed E-state index contributed by atoms with van der Waals surface area (Å²) in [6, 6.07) is 3.56. The van der Waals surface area contributed by atoms with Gasteiger partial charge < -0.3 is 15.0 Å². The second-order valence-electron chi connectivity index (χ2n) is 4.70. The van der Waals surface area contributed by atoms with Gasteiger partial charge in [-0.05, 0) is 38.1 Å². The van der Waals surface area contributed by atoms with Crippen molar-refractivity contribution < 1.29 is 9.53 Å². The number of carbonyl (C=O) groups is 1. The van der Waals surface area contributed by atoms with E-state index in [1.165, 1.54) is 0 Å². The first-order valence-corrected chi connectivity index (χ1v) is 6.22. The minimum atomic E-state index is -0.0755. The maximum absolute atomic E-state index is 11.6. The highest BCUT2D eigenvalue weighted by molar-refractivity contribution is 5.77. The molecule has 0 bridgehead atoms. The number of ether oxygens (including phenoxy) is 1. The molecule has 1 aliphatic rings. The molecule has 18 heavy (non-hydrogen) atoms. The molecule has 1 amide bonds. The van der Waals surface area contributed by atoms with Crippen LogP contribution in [0.1, 0.15) is 6.42 Å². The van der Waals surface area contributed by atoms with Crippen molar-refractivity contribution in [2.45, 2.75) is 6.42 Å². The van der Waals surface area contributed by atoms with Gasteiger partial charge in [0.15, 0.2) is 6.61 Å². The molecule has 2 heterocycles. The van der Waals surface area contributed by atoms with E-state index in [9.17, 15) is 4.79 Å². The van der Waals surface area contributed by atoms with Crippen molar-refractivity contribution in [2.75, 3.05) is 33.3 Å². The molecule has 1 atom stereocenters. The standard InChI is InChI=1S/C13H19N3O2/c1-16-6-4-11(9-16)7-15-13(17)10-18-12-3-2-5-14-8-12/h2-3,5,8,11H,4,6-7,9-10H2,1H3,(H,15,17)/t11-/m0/s1. The number of nitrogens with zero attached hydrogens (tertiary/aromatic N) is 2. The van der Waals surface area contributed by atoms with Crippen LogP contribution < -0.4 is 10.1 Å². The summed E-state index contributed by atoms with van der Waals surface area (Å²) in [7, 11) is 2.10. The summed E-state index contributed by atoms with van der Waals surface area (Å²) in [5, 5.41) is 2.90. The number of likely N-dealkylation sites (tertiary alicyclic amines) is 1. The Labute approximate surface area is 107 Å². The quantitative estimate of drug-likeness (QED) is 0.827. The average molecular weight is 249 g/mol. The molecule has 0 spiro atoms. The fraction of sp³-hybridized carbons (Fsp3) is 0.538. The number of hydrogen-bond acceptors (Lipinski definition) is 4. The summed E-state index contributed by atoms with van der Waals surface area (Å²) >= 11 is 0. The third-order valence-corrected chi connectivity index (χ3v) is 3.08. The number of aromatic nitrogens is 1. The number of hydrogen-bond donors (Lipinski definition) is 1. The lowest BCUT2D eigenvalue weighted by atomic mass is 10.1. The van der Waals surface area contributed by atoms with Crippen LogP contribution in [-0.2, 0) is 4.79 Å². The van der Waals surface area contributed by atoms with Crippen molar-refractivity contribution in [2.24, 2.45) is 5.92 Å². The van der Waals surface area contributed by atoms with Gasteiger partial charge in [-0.3, -0.25) is 9.78 Å². The molecule has 0 aliphatic carbocycles. The topological polar surface area (TPSA) is 54.5 Å². The molecular formula is C13H19N3O2. The Kier molecular flexibility index (Phi) is 4.52. The Morgan fingerprint density at radius 2 is 2.56 bits per heavy atom. The fourth-order valence-corrected chi connectivity index (χ4v) is 2.08. The molecule has 1 aromatic rings. The summed E-state index contributed by atoms with van der Waals surface area (Å²) < 4.78 is 5.32. The second-order valence-corrected chi connectivity index (χ2v) is 4.70. The molecule has 5 nitrogen and oxygen atoms in total. The summed E-state index contributed by atoms with van der Waals surface area (Å²) in [6.07, 6.45) is 4.42. The Bertz CT molecular complexity index is 383. The molecular weight excluding hydrogens is 230 g/mol. The molecule has 2 rings (SSSR count). The Morgan fingerprint density at radius 1 is 1.67 bits per heavy atom. The van der Waals surface area contributed by atoms with Gasteiger partial charge in [0, 0.05) is 19.3 Å². The third kappa shape index (κ3) is 4.00. The van der Waals surface area contributed by atoms with Gasteiger partial charge in [0.05, 0.1) is 6.20 Å². The number of carbonyl (C=O) groups excluding carboxylic acids is 1. The highest BCUT2D eigenvalue weighted by atomic mass is 16.5. The van der Waals surface area contributed by atoms with Gasteiger partial charge in [0.1, 0.15) is 5.75 Å². The van der Waals surface area contributed by atoms with E-state index in [4.69, 9.17) is 4.74 Å². The highest BCUT2D eigenvalue weighted by Crippen LogP contribution is 2.12. The van der Waals surface area contributed by atoms with Gasteiger partial charge >= 0.3 is 0 Å². The first-order chi connectivity index (χ1) is 8.74. The molecule has 1 N–H and O–H groups in total. The van der Waals surface area contributed by atoms with E-state index in [-0.39, 0.29) is 12.5 Å². The molecule has 1 fully saturated rings. The van der Waals surface area contributed by atoms with E-state index in [1.807, 2.05) is 0 Å². The number of rotatable bonds is 5. The zero-order valence-electron chi connectivity index (χ0n) is 10.6.